The zero-order valence-corrected chi connectivity index (χ0v) is 12.9. The van der Waals surface area contributed by atoms with Crippen molar-refractivity contribution in [2.24, 2.45) is 5.92 Å². The molecule has 0 aliphatic heterocycles. The standard InChI is InChI=1S/C16H23FN2O3/c1-10(2)22-12-6-7-15(13(17)8-12)19-16(21)18-14-5-3-4-11(14)9-20/h6-8,10-11,14,20H,3-5,9H2,1-2H3,(H2,18,19,21). The molecule has 0 saturated heterocycles. The summed E-state index contributed by atoms with van der Waals surface area (Å²) in [7, 11) is 0. The molecule has 5 nitrogen and oxygen atoms in total. The number of aliphatic hydroxyl groups is 1. The Morgan fingerprint density at radius 3 is 2.86 bits per heavy atom. The highest BCUT2D eigenvalue weighted by Crippen LogP contribution is 2.25. The van der Waals surface area contributed by atoms with Crippen LogP contribution in [-0.4, -0.2) is 29.9 Å². The van der Waals surface area contributed by atoms with Gasteiger partial charge in [0.2, 0.25) is 0 Å². The predicted molar refractivity (Wildman–Crippen MR) is 82.5 cm³/mol. The molecule has 2 amide bonds. The number of ether oxygens (including phenoxy) is 1. The van der Waals surface area contributed by atoms with Crippen LogP contribution in [0.5, 0.6) is 5.75 Å². The number of carbonyl (C=O) groups is 1. The van der Waals surface area contributed by atoms with Crippen molar-refractivity contribution in [2.45, 2.75) is 45.3 Å². The quantitative estimate of drug-likeness (QED) is 0.783. The van der Waals surface area contributed by atoms with Gasteiger partial charge in [-0.05, 0) is 38.8 Å². The summed E-state index contributed by atoms with van der Waals surface area (Å²) in [6.45, 7) is 3.77. The normalized spacial score (nSPS) is 21.0. The number of halogens is 1. The number of carbonyl (C=O) groups excluding carboxylic acids is 1. The van der Waals surface area contributed by atoms with Crippen LogP contribution in [0.3, 0.4) is 0 Å². The largest absolute Gasteiger partial charge is 0.491 e. The number of hydrogen-bond acceptors (Lipinski definition) is 3. The zero-order chi connectivity index (χ0) is 16.1. The van der Waals surface area contributed by atoms with Crippen molar-refractivity contribution in [1.29, 1.82) is 0 Å². The van der Waals surface area contributed by atoms with Gasteiger partial charge in [0.05, 0.1) is 11.8 Å². The first-order valence-electron chi connectivity index (χ1n) is 7.64. The van der Waals surface area contributed by atoms with Crippen LogP contribution in [0.15, 0.2) is 18.2 Å². The molecule has 0 aromatic heterocycles. The number of amides is 2. The van der Waals surface area contributed by atoms with E-state index in [4.69, 9.17) is 4.74 Å². The molecule has 1 aliphatic rings. The van der Waals surface area contributed by atoms with E-state index in [0.29, 0.717) is 5.75 Å². The average molecular weight is 310 g/mol. The summed E-state index contributed by atoms with van der Waals surface area (Å²) < 4.78 is 19.3. The molecule has 6 heteroatoms. The second-order valence-corrected chi connectivity index (χ2v) is 5.89. The van der Waals surface area contributed by atoms with Gasteiger partial charge in [0.15, 0.2) is 0 Å². The Kier molecular flexibility index (Phi) is 5.60. The Balaban J connectivity index is 1.94. The Morgan fingerprint density at radius 1 is 1.45 bits per heavy atom. The lowest BCUT2D eigenvalue weighted by Gasteiger charge is -2.19. The molecule has 0 heterocycles. The van der Waals surface area contributed by atoms with E-state index in [1.807, 2.05) is 13.8 Å². The van der Waals surface area contributed by atoms with E-state index in [0.717, 1.165) is 19.3 Å². The van der Waals surface area contributed by atoms with Crippen molar-refractivity contribution < 1.29 is 19.0 Å². The Labute approximate surface area is 129 Å². The fourth-order valence-corrected chi connectivity index (χ4v) is 2.71. The van der Waals surface area contributed by atoms with E-state index >= 15 is 0 Å². The van der Waals surface area contributed by atoms with Crippen LogP contribution < -0.4 is 15.4 Å². The molecule has 2 atom stereocenters. The lowest BCUT2D eigenvalue weighted by atomic mass is 10.1. The molecule has 1 aromatic carbocycles. The van der Waals surface area contributed by atoms with Gasteiger partial charge in [-0.2, -0.15) is 0 Å². The van der Waals surface area contributed by atoms with Crippen LogP contribution in [-0.2, 0) is 0 Å². The first kappa shape index (κ1) is 16.5. The monoisotopic (exact) mass is 310 g/mol. The van der Waals surface area contributed by atoms with Crippen molar-refractivity contribution in [1.82, 2.24) is 5.32 Å². The molecule has 1 aromatic rings. The highest BCUT2D eigenvalue weighted by molar-refractivity contribution is 5.89. The van der Waals surface area contributed by atoms with Crippen LogP contribution in [0, 0.1) is 11.7 Å². The molecule has 1 saturated carbocycles. The molecule has 3 N–H and O–H groups in total. The van der Waals surface area contributed by atoms with Gasteiger partial charge in [-0.25, -0.2) is 9.18 Å². The Hall–Kier alpha value is -1.82. The molecule has 2 rings (SSSR count). The lowest BCUT2D eigenvalue weighted by molar-refractivity contribution is 0.203. The molecule has 0 bridgehead atoms. The molecule has 0 radical (unpaired) electrons. The van der Waals surface area contributed by atoms with Crippen molar-refractivity contribution in [3.05, 3.63) is 24.0 Å². The summed E-state index contributed by atoms with van der Waals surface area (Å²) >= 11 is 0. The van der Waals surface area contributed by atoms with Gasteiger partial charge in [0.1, 0.15) is 11.6 Å². The first-order chi connectivity index (χ1) is 10.5. The average Bonchev–Trinajstić information content (AvgIpc) is 2.88. The molecule has 122 valence electrons. The third-order valence-corrected chi connectivity index (χ3v) is 3.77. The number of benzene rings is 1. The summed E-state index contributed by atoms with van der Waals surface area (Å²) in [5, 5.41) is 14.5. The molecule has 22 heavy (non-hydrogen) atoms. The van der Waals surface area contributed by atoms with Crippen molar-refractivity contribution in [3.63, 3.8) is 0 Å². The van der Waals surface area contributed by atoms with E-state index in [1.165, 1.54) is 12.1 Å². The maximum atomic E-state index is 14.0. The van der Waals surface area contributed by atoms with Gasteiger partial charge >= 0.3 is 6.03 Å². The van der Waals surface area contributed by atoms with Crippen LogP contribution in [0.1, 0.15) is 33.1 Å². The summed E-state index contributed by atoms with van der Waals surface area (Å²) in [5.74, 6) is -0.0366. The lowest BCUT2D eigenvalue weighted by Crippen LogP contribution is -2.41. The number of hydrogen-bond donors (Lipinski definition) is 3. The van der Waals surface area contributed by atoms with E-state index in [9.17, 15) is 14.3 Å². The topological polar surface area (TPSA) is 70.6 Å². The van der Waals surface area contributed by atoms with E-state index in [2.05, 4.69) is 10.6 Å². The minimum Gasteiger partial charge on any atom is -0.491 e. The first-order valence-corrected chi connectivity index (χ1v) is 7.64. The second kappa shape index (κ2) is 7.45. The number of anilines is 1. The highest BCUT2D eigenvalue weighted by atomic mass is 19.1. The Bertz CT molecular complexity index is 522. The third-order valence-electron chi connectivity index (χ3n) is 3.77. The molecule has 2 unspecified atom stereocenters. The van der Waals surface area contributed by atoms with Crippen LogP contribution in [0.2, 0.25) is 0 Å². The molecule has 0 spiro atoms. The van der Waals surface area contributed by atoms with Crippen LogP contribution in [0.25, 0.3) is 0 Å². The van der Waals surface area contributed by atoms with Crippen LogP contribution in [0.4, 0.5) is 14.9 Å². The van der Waals surface area contributed by atoms with Gasteiger partial charge in [-0.3, -0.25) is 0 Å². The summed E-state index contributed by atoms with van der Waals surface area (Å²) in [4.78, 5) is 11.9. The highest BCUT2D eigenvalue weighted by Gasteiger charge is 2.27. The fraction of sp³-hybridized carbons (Fsp3) is 0.562. The van der Waals surface area contributed by atoms with Crippen molar-refractivity contribution in [2.75, 3.05) is 11.9 Å². The van der Waals surface area contributed by atoms with Gasteiger partial charge in [-0.15, -0.1) is 0 Å². The van der Waals surface area contributed by atoms with E-state index in [1.54, 1.807) is 6.07 Å². The SMILES string of the molecule is CC(C)Oc1ccc(NC(=O)NC2CCCC2CO)c(F)c1. The summed E-state index contributed by atoms with van der Waals surface area (Å²) in [5.41, 5.74) is 0.104. The molecular weight excluding hydrogens is 287 g/mol. The number of urea groups is 1. The van der Waals surface area contributed by atoms with Crippen molar-refractivity contribution >= 4 is 11.7 Å². The van der Waals surface area contributed by atoms with Gasteiger partial charge in [0.25, 0.3) is 0 Å². The maximum Gasteiger partial charge on any atom is 0.319 e. The smallest absolute Gasteiger partial charge is 0.319 e. The number of rotatable bonds is 5. The fourth-order valence-electron chi connectivity index (χ4n) is 2.71. The number of nitrogens with one attached hydrogen (secondary N) is 2. The maximum absolute atomic E-state index is 14.0. The molecule has 1 aliphatic carbocycles. The number of aliphatic hydroxyl groups excluding tert-OH is 1. The van der Waals surface area contributed by atoms with Gasteiger partial charge < -0.3 is 20.5 Å². The second-order valence-electron chi connectivity index (χ2n) is 5.89. The van der Waals surface area contributed by atoms with Gasteiger partial charge in [0, 0.05) is 24.6 Å². The van der Waals surface area contributed by atoms with E-state index < -0.39 is 11.8 Å². The zero-order valence-electron chi connectivity index (χ0n) is 12.9. The minimum atomic E-state index is -0.543. The van der Waals surface area contributed by atoms with E-state index in [-0.39, 0.29) is 30.4 Å². The molecule has 1 fully saturated rings. The third kappa shape index (κ3) is 4.34. The summed E-state index contributed by atoms with van der Waals surface area (Å²) in [6, 6.07) is 3.83. The van der Waals surface area contributed by atoms with Gasteiger partial charge in [-0.1, -0.05) is 6.42 Å². The molecular formula is C16H23FN2O3. The Morgan fingerprint density at radius 2 is 2.23 bits per heavy atom. The minimum absolute atomic E-state index is 0.0423. The predicted octanol–water partition coefficient (Wildman–Crippen LogP) is 2.90. The van der Waals surface area contributed by atoms with Crippen molar-refractivity contribution in [3.8, 4) is 5.75 Å². The summed E-state index contributed by atoms with van der Waals surface area (Å²) in [6.07, 6.45) is 2.67. The van der Waals surface area contributed by atoms with Crippen LogP contribution >= 0.6 is 0 Å².